The molecule has 29 heavy (non-hydrogen) atoms. The van der Waals surface area contributed by atoms with Crippen molar-refractivity contribution in [3.8, 4) is 0 Å². The van der Waals surface area contributed by atoms with Crippen molar-refractivity contribution in [2.24, 2.45) is 5.92 Å². The molecule has 1 aliphatic rings. The molecule has 0 spiro atoms. The van der Waals surface area contributed by atoms with Crippen LogP contribution in [0.1, 0.15) is 58.7 Å². The molecule has 0 bridgehead atoms. The van der Waals surface area contributed by atoms with E-state index in [-0.39, 0.29) is 24.5 Å². The van der Waals surface area contributed by atoms with E-state index in [9.17, 15) is 14.7 Å². The van der Waals surface area contributed by atoms with E-state index in [0.29, 0.717) is 25.5 Å². The SMILES string of the molecule is COC(=O)C[C@H](NCC[C@H]1COC(C)(C)N1C(=O)O)c1cn(CCC(C)C)cn1. The Morgan fingerprint density at radius 2 is 2.17 bits per heavy atom. The Kier molecular flexibility index (Phi) is 8.04. The molecular weight excluding hydrogens is 376 g/mol. The summed E-state index contributed by atoms with van der Waals surface area (Å²) in [6, 6.07) is -0.534. The lowest BCUT2D eigenvalue weighted by Gasteiger charge is -2.31. The third-order valence-corrected chi connectivity index (χ3v) is 5.22. The van der Waals surface area contributed by atoms with Crippen LogP contribution in [0.3, 0.4) is 0 Å². The van der Waals surface area contributed by atoms with E-state index in [1.54, 1.807) is 20.2 Å². The van der Waals surface area contributed by atoms with Crippen LogP contribution in [0.5, 0.6) is 0 Å². The van der Waals surface area contributed by atoms with Gasteiger partial charge in [-0.3, -0.25) is 9.69 Å². The molecule has 1 aromatic rings. The average molecular weight is 411 g/mol. The first-order valence-corrected chi connectivity index (χ1v) is 10.1. The maximum absolute atomic E-state index is 11.9. The highest BCUT2D eigenvalue weighted by molar-refractivity contribution is 5.70. The molecule has 1 fully saturated rings. The van der Waals surface area contributed by atoms with Crippen LogP contribution in [-0.4, -0.2) is 63.6 Å². The van der Waals surface area contributed by atoms with E-state index in [1.165, 1.54) is 12.0 Å². The topological polar surface area (TPSA) is 106 Å². The van der Waals surface area contributed by atoms with Crippen LogP contribution in [0.4, 0.5) is 4.79 Å². The predicted octanol–water partition coefficient (Wildman–Crippen LogP) is 2.63. The number of imidazole rings is 1. The molecule has 164 valence electrons. The van der Waals surface area contributed by atoms with Gasteiger partial charge in [0.2, 0.25) is 0 Å². The van der Waals surface area contributed by atoms with Crippen molar-refractivity contribution in [2.75, 3.05) is 20.3 Å². The van der Waals surface area contributed by atoms with Crippen LogP contribution in [0, 0.1) is 5.92 Å². The van der Waals surface area contributed by atoms with Crippen LogP contribution >= 0.6 is 0 Å². The van der Waals surface area contributed by atoms with E-state index in [1.807, 2.05) is 10.8 Å². The number of carbonyl (C=O) groups excluding carboxylic acids is 1. The van der Waals surface area contributed by atoms with Crippen LogP contribution in [0.15, 0.2) is 12.5 Å². The predicted molar refractivity (Wildman–Crippen MR) is 107 cm³/mol. The smallest absolute Gasteiger partial charge is 0.409 e. The van der Waals surface area contributed by atoms with Crippen LogP contribution in [0.25, 0.3) is 0 Å². The molecule has 1 amide bonds. The highest BCUT2D eigenvalue weighted by Crippen LogP contribution is 2.29. The second kappa shape index (κ2) is 10.1. The first-order valence-electron chi connectivity index (χ1n) is 10.1. The van der Waals surface area contributed by atoms with Gasteiger partial charge in [-0.1, -0.05) is 13.8 Å². The number of ether oxygens (including phenoxy) is 2. The number of aryl methyl sites for hydroxylation is 1. The maximum Gasteiger partial charge on any atom is 0.409 e. The van der Waals surface area contributed by atoms with Crippen molar-refractivity contribution in [2.45, 2.75) is 71.3 Å². The summed E-state index contributed by atoms with van der Waals surface area (Å²) in [4.78, 5) is 29.3. The fourth-order valence-electron chi connectivity index (χ4n) is 3.53. The monoisotopic (exact) mass is 410 g/mol. The first kappa shape index (κ1) is 23.2. The molecule has 9 heteroatoms. The molecule has 0 saturated carbocycles. The number of nitrogens with zero attached hydrogens (tertiary/aromatic N) is 3. The van der Waals surface area contributed by atoms with Gasteiger partial charge in [0.05, 0.1) is 44.2 Å². The summed E-state index contributed by atoms with van der Waals surface area (Å²) in [5.74, 6) is 0.275. The lowest BCUT2D eigenvalue weighted by Crippen LogP contribution is -2.47. The van der Waals surface area contributed by atoms with Crippen molar-refractivity contribution >= 4 is 12.1 Å². The zero-order chi connectivity index (χ0) is 21.6. The summed E-state index contributed by atoms with van der Waals surface area (Å²) in [6.07, 6.45) is 4.52. The minimum Gasteiger partial charge on any atom is -0.469 e. The average Bonchev–Trinajstić information content (AvgIpc) is 3.22. The highest BCUT2D eigenvalue weighted by atomic mass is 16.5. The zero-order valence-electron chi connectivity index (χ0n) is 18.1. The number of methoxy groups -OCH3 is 1. The largest absolute Gasteiger partial charge is 0.469 e. The second-order valence-electron chi connectivity index (χ2n) is 8.36. The van der Waals surface area contributed by atoms with Gasteiger partial charge in [0, 0.05) is 12.7 Å². The fraction of sp³-hybridized carbons (Fsp3) is 0.750. The van der Waals surface area contributed by atoms with E-state index in [0.717, 1.165) is 18.7 Å². The van der Waals surface area contributed by atoms with Gasteiger partial charge in [-0.15, -0.1) is 0 Å². The number of nitrogens with one attached hydrogen (secondary N) is 1. The van der Waals surface area contributed by atoms with Gasteiger partial charge in [-0.25, -0.2) is 9.78 Å². The zero-order valence-corrected chi connectivity index (χ0v) is 18.1. The lowest BCUT2D eigenvalue weighted by molar-refractivity contribution is -0.141. The standard InChI is InChI=1S/C20H34N4O5/c1-14(2)7-9-23-11-17(22-13-23)16(10-18(25)28-5)21-8-6-15-12-29-20(3,4)24(15)19(26)27/h11,13-16,21H,6-10,12H2,1-5H3,(H,26,27)/t15-,16-/m0/s1. The maximum atomic E-state index is 11.9. The number of hydrogen-bond acceptors (Lipinski definition) is 6. The molecule has 1 aromatic heterocycles. The Morgan fingerprint density at radius 1 is 1.45 bits per heavy atom. The van der Waals surface area contributed by atoms with Crippen molar-refractivity contribution in [1.82, 2.24) is 19.8 Å². The van der Waals surface area contributed by atoms with Gasteiger partial charge in [-0.05, 0) is 39.2 Å². The number of esters is 1. The molecule has 2 N–H and O–H groups in total. The first-order chi connectivity index (χ1) is 13.6. The number of aromatic nitrogens is 2. The number of carboxylic acid groups (broad SMARTS) is 1. The Bertz CT molecular complexity index is 688. The molecule has 2 heterocycles. The van der Waals surface area contributed by atoms with E-state index in [2.05, 4.69) is 24.1 Å². The van der Waals surface area contributed by atoms with Crippen molar-refractivity contribution in [3.63, 3.8) is 0 Å². The van der Waals surface area contributed by atoms with Gasteiger partial charge in [-0.2, -0.15) is 0 Å². The van der Waals surface area contributed by atoms with Crippen LogP contribution in [-0.2, 0) is 20.8 Å². The fourth-order valence-corrected chi connectivity index (χ4v) is 3.53. The highest BCUT2D eigenvalue weighted by Gasteiger charge is 2.43. The summed E-state index contributed by atoms with van der Waals surface area (Å²) < 4.78 is 12.5. The minimum absolute atomic E-state index is 0.160. The summed E-state index contributed by atoms with van der Waals surface area (Å²) in [7, 11) is 1.36. The Morgan fingerprint density at radius 3 is 2.79 bits per heavy atom. The molecule has 1 saturated heterocycles. The summed E-state index contributed by atoms with van der Waals surface area (Å²) in [5.41, 5.74) is -0.0610. The Labute approximate surface area is 172 Å². The second-order valence-corrected chi connectivity index (χ2v) is 8.36. The Hall–Kier alpha value is -2.13. The minimum atomic E-state index is -0.993. The number of carbonyl (C=O) groups is 2. The molecule has 0 aromatic carbocycles. The van der Waals surface area contributed by atoms with Crippen molar-refractivity contribution < 1.29 is 24.2 Å². The van der Waals surface area contributed by atoms with Crippen LogP contribution in [0.2, 0.25) is 0 Å². The molecular formula is C20H34N4O5. The number of hydrogen-bond donors (Lipinski definition) is 2. The van der Waals surface area contributed by atoms with Gasteiger partial charge in [0.1, 0.15) is 5.72 Å². The lowest BCUT2D eigenvalue weighted by atomic mass is 10.1. The molecule has 0 radical (unpaired) electrons. The summed E-state index contributed by atoms with van der Waals surface area (Å²) >= 11 is 0. The Balaban J connectivity index is 1.98. The van der Waals surface area contributed by atoms with E-state index >= 15 is 0 Å². The third-order valence-electron chi connectivity index (χ3n) is 5.22. The number of rotatable bonds is 10. The van der Waals surface area contributed by atoms with Gasteiger partial charge < -0.3 is 24.5 Å². The molecule has 9 nitrogen and oxygen atoms in total. The van der Waals surface area contributed by atoms with Crippen molar-refractivity contribution in [3.05, 3.63) is 18.2 Å². The van der Waals surface area contributed by atoms with E-state index in [4.69, 9.17) is 9.47 Å². The van der Waals surface area contributed by atoms with Crippen molar-refractivity contribution in [1.29, 1.82) is 0 Å². The van der Waals surface area contributed by atoms with E-state index < -0.39 is 11.8 Å². The summed E-state index contributed by atoms with van der Waals surface area (Å²) in [6.45, 7) is 9.59. The van der Waals surface area contributed by atoms with Crippen LogP contribution < -0.4 is 5.32 Å². The van der Waals surface area contributed by atoms with Gasteiger partial charge in [0.25, 0.3) is 0 Å². The van der Waals surface area contributed by atoms with Gasteiger partial charge >= 0.3 is 12.1 Å². The molecule has 2 rings (SSSR count). The molecule has 0 unspecified atom stereocenters. The quantitative estimate of drug-likeness (QED) is 0.571. The molecule has 1 aliphatic heterocycles. The number of amides is 1. The third kappa shape index (κ3) is 6.43. The molecule has 0 aliphatic carbocycles. The normalized spacial score (nSPS) is 19.5. The molecule has 2 atom stereocenters. The summed E-state index contributed by atoms with van der Waals surface area (Å²) in [5, 5.41) is 12.8. The van der Waals surface area contributed by atoms with Gasteiger partial charge in [0.15, 0.2) is 0 Å².